The molecule has 2 aromatic carbocycles. The van der Waals surface area contributed by atoms with Crippen molar-refractivity contribution in [1.82, 2.24) is 5.43 Å². The number of carbonyl (C=O) groups excluding carboxylic acids is 1. The maximum atomic E-state index is 13.3. The first kappa shape index (κ1) is 15.2. The van der Waals surface area contributed by atoms with Gasteiger partial charge < -0.3 is 4.74 Å². The predicted octanol–water partition coefficient (Wildman–Crippen LogP) is 3.12. The lowest BCUT2D eigenvalue weighted by Crippen LogP contribution is -2.24. The Hall–Kier alpha value is -2.21. The first-order chi connectivity index (χ1) is 10.1. The van der Waals surface area contributed by atoms with Crippen molar-refractivity contribution < 1.29 is 13.9 Å². The Kier molecular flexibility index (Phi) is 5.45. The van der Waals surface area contributed by atoms with Crippen LogP contribution in [0.25, 0.3) is 0 Å². The molecule has 2 rings (SSSR count). The predicted molar refractivity (Wildman–Crippen MR) is 81.8 cm³/mol. The highest BCUT2D eigenvalue weighted by atomic mass is 79.9. The number of carbonyl (C=O) groups is 1. The van der Waals surface area contributed by atoms with Gasteiger partial charge in [-0.3, -0.25) is 4.79 Å². The standard InChI is InChI=1S/C15H12BrFN2O2/c16-12-7-5-11(6-8-12)9-18-19-15(20)10-21-14-4-2-1-3-13(14)17/h1-9H,10H2,(H,19,20)/b18-9+. The molecule has 0 atom stereocenters. The van der Waals surface area contributed by atoms with Crippen molar-refractivity contribution in [2.75, 3.05) is 6.61 Å². The second kappa shape index (κ2) is 7.54. The van der Waals surface area contributed by atoms with Crippen molar-refractivity contribution in [2.24, 2.45) is 5.10 Å². The fraction of sp³-hybridized carbons (Fsp3) is 0.0667. The zero-order chi connectivity index (χ0) is 15.1. The van der Waals surface area contributed by atoms with Gasteiger partial charge in [0.25, 0.3) is 5.91 Å². The van der Waals surface area contributed by atoms with Crippen LogP contribution in [-0.2, 0) is 4.79 Å². The molecule has 1 N–H and O–H groups in total. The van der Waals surface area contributed by atoms with E-state index in [0.29, 0.717) is 0 Å². The number of hydrogen-bond donors (Lipinski definition) is 1. The van der Waals surface area contributed by atoms with E-state index in [4.69, 9.17) is 4.74 Å². The van der Waals surface area contributed by atoms with Crippen LogP contribution in [0.4, 0.5) is 4.39 Å². The van der Waals surface area contributed by atoms with E-state index in [0.717, 1.165) is 10.0 Å². The molecule has 0 heterocycles. The Morgan fingerprint density at radius 1 is 1.24 bits per heavy atom. The van der Waals surface area contributed by atoms with Crippen LogP contribution in [-0.4, -0.2) is 18.7 Å². The van der Waals surface area contributed by atoms with E-state index < -0.39 is 11.7 Å². The second-order valence-corrected chi connectivity index (χ2v) is 4.98. The fourth-order valence-corrected chi connectivity index (χ4v) is 1.73. The highest BCUT2D eigenvalue weighted by molar-refractivity contribution is 9.10. The number of benzene rings is 2. The van der Waals surface area contributed by atoms with Crippen LogP contribution in [0.5, 0.6) is 5.75 Å². The molecule has 0 unspecified atom stereocenters. The molecule has 0 radical (unpaired) electrons. The highest BCUT2D eigenvalue weighted by Gasteiger charge is 2.04. The minimum Gasteiger partial charge on any atom is -0.481 e. The fourth-order valence-electron chi connectivity index (χ4n) is 1.47. The lowest BCUT2D eigenvalue weighted by atomic mass is 10.2. The summed E-state index contributed by atoms with van der Waals surface area (Å²) in [5, 5.41) is 3.79. The van der Waals surface area contributed by atoms with Gasteiger partial charge >= 0.3 is 0 Å². The number of ether oxygens (including phenoxy) is 1. The topological polar surface area (TPSA) is 50.7 Å². The monoisotopic (exact) mass is 350 g/mol. The number of para-hydroxylation sites is 1. The van der Waals surface area contributed by atoms with Gasteiger partial charge in [-0.1, -0.05) is 40.2 Å². The summed E-state index contributed by atoms with van der Waals surface area (Å²) in [6, 6.07) is 13.3. The second-order valence-electron chi connectivity index (χ2n) is 4.06. The third kappa shape index (κ3) is 5.00. The quantitative estimate of drug-likeness (QED) is 0.665. The molecule has 0 saturated carbocycles. The zero-order valence-corrected chi connectivity index (χ0v) is 12.5. The van der Waals surface area contributed by atoms with Crippen molar-refractivity contribution in [3.8, 4) is 5.75 Å². The summed E-state index contributed by atoms with van der Waals surface area (Å²) in [6.45, 7) is -0.307. The van der Waals surface area contributed by atoms with Gasteiger partial charge in [0.05, 0.1) is 6.21 Å². The lowest BCUT2D eigenvalue weighted by Gasteiger charge is -2.05. The molecule has 0 bridgehead atoms. The number of rotatable bonds is 5. The Morgan fingerprint density at radius 3 is 2.67 bits per heavy atom. The summed E-state index contributed by atoms with van der Waals surface area (Å²) >= 11 is 3.32. The molecular weight excluding hydrogens is 339 g/mol. The van der Waals surface area contributed by atoms with Crippen LogP contribution in [0.3, 0.4) is 0 Å². The number of halogens is 2. The van der Waals surface area contributed by atoms with E-state index >= 15 is 0 Å². The Balaban J connectivity index is 1.80. The van der Waals surface area contributed by atoms with Crippen LogP contribution >= 0.6 is 15.9 Å². The molecule has 6 heteroatoms. The SMILES string of the molecule is O=C(COc1ccccc1F)N/N=C/c1ccc(Br)cc1. The maximum absolute atomic E-state index is 13.3. The van der Waals surface area contributed by atoms with Crippen molar-refractivity contribution in [3.05, 3.63) is 64.4 Å². The minimum atomic E-state index is -0.510. The molecule has 0 aliphatic carbocycles. The minimum absolute atomic E-state index is 0.0320. The number of nitrogens with one attached hydrogen (secondary N) is 1. The highest BCUT2D eigenvalue weighted by Crippen LogP contribution is 2.14. The maximum Gasteiger partial charge on any atom is 0.277 e. The molecule has 108 valence electrons. The van der Waals surface area contributed by atoms with Crippen molar-refractivity contribution in [3.63, 3.8) is 0 Å². The van der Waals surface area contributed by atoms with Crippen molar-refractivity contribution >= 4 is 28.1 Å². The van der Waals surface area contributed by atoms with E-state index in [1.54, 1.807) is 12.1 Å². The molecule has 0 saturated heterocycles. The van der Waals surface area contributed by atoms with Gasteiger partial charge in [-0.05, 0) is 29.8 Å². The Morgan fingerprint density at radius 2 is 1.95 bits per heavy atom. The molecule has 0 fully saturated rings. The number of amides is 1. The van der Waals surface area contributed by atoms with Gasteiger partial charge in [0, 0.05) is 4.47 Å². The molecule has 0 spiro atoms. The van der Waals surface area contributed by atoms with E-state index in [1.165, 1.54) is 18.3 Å². The van der Waals surface area contributed by atoms with Crippen LogP contribution in [0.1, 0.15) is 5.56 Å². The smallest absolute Gasteiger partial charge is 0.277 e. The Labute approximate surface area is 129 Å². The van der Waals surface area contributed by atoms with Gasteiger partial charge in [-0.25, -0.2) is 9.82 Å². The molecule has 2 aromatic rings. The molecule has 1 amide bonds. The van der Waals surface area contributed by atoms with Gasteiger partial charge in [-0.15, -0.1) is 0 Å². The average Bonchev–Trinajstić information content (AvgIpc) is 2.48. The number of hydrogen-bond acceptors (Lipinski definition) is 3. The van der Waals surface area contributed by atoms with Crippen LogP contribution in [0, 0.1) is 5.82 Å². The molecular formula is C15H12BrFN2O2. The number of hydrazone groups is 1. The molecule has 0 aliphatic rings. The van der Waals surface area contributed by atoms with Gasteiger partial charge in [-0.2, -0.15) is 5.10 Å². The van der Waals surface area contributed by atoms with Gasteiger partial charge in [0.1, 0.15) is 0 Å². The first-order valence-electron chi connectivity index (χ1n) is 6.10. The molecule has 0 aromatic heterocycles. The average molecular weight is 351 g/mol. The van der Waals surface area contributed by atoms with E-state index in [2.05, 4.69) is 26.5 Å². The van der Waals surface area contributed by atoms with E-state index in [1.807, 2.05) is 24.3 Å². The van der Waals surface area contributed by atoms with Crippen LogP contribution in [0.2, 0.25) is 0 Å². The Bertz CT molecular complexity index is 644. The lowest BCUT2D eigenvalue weighted by molar-refractivity contribution is -0.123. The normalized spacial score (nSPS) is 10.6. The van der Waals surface area contributed by atoms with Crippen LogP contribution < -0.4 is 10.2 Å². The summed E-state index contributed by atoms with van der Waals surface area (Å²) in [7, 11) is 0. The summed E-state index contributed by atoms with van der Waals surface area (Å²) in [4.78, 5) is 11.5. The van der Waals surface area contributed by atoms with E-state index in [-0.39, 0.29) is 12.4 Å². The molecule has 4 nitrogen and oxygen atoms in total. The zero-order valence-electron chi connectivity index (χ0n) is 10.9. The number of nitrogens with zero attached hydrogens (tertiary/aromatic N) is 1. The van der Waals surface area contributed by atoms with Crippen molar-refractivity contribution in [1.29, 1.82) is 0 Å². The van der Waals surface area contributed by atoms with Gasteiger partial charge in [0.2, 0.25) is 0 Å². The summed E-state index contributed by atoms with van der Waals surface area (Å²) in [5.41, 5.74) is 3.15. The first-order valence-corrected chi connectivity index (χ1v) is 6.89. The van der Waals surface area contributed by atoms with Gasteiger partial charge in [0.15, 0.2) is 18.2 Å². The van der Waals surface area contributed by atoms with Crippen molar-refractivity contribution in [2.45, 2.75) is 0 Å². The summed E-state index contributed by atoms with van der Waals surface area (Å²) in [5.74, 6) is -0.945. The molecule has 21 heavy (non-hydrogen) atoms. The summed E-state index contributed by atoms with van der Waals surface area (Å²) < 4.78 is 19.3. The third-order valence-electron chi connectivity index (χ3n) is 2.47. The molecule has 0 aliphatic heterocycles. The summed E-state index contributed by atoms with van der Waals surface area (Å²) in [6.07, 6.45) is 1.51. The van der Waals surface area contributed by atoms with E-state index in [9.17, 15) is 9.18 Å². The third-order valence-corrected chi connectivity index (χ3v) is 3.00. The van der Waals surface area contributed by atoms with Crippen LogP contribution in [0.15, 0.2) is 58.1 Å². The largest absolute Gasteiger partial charge is 0.481 e.